The van der Waals surface area contributed by atoms with E-state index in [-0.39, 0.29) is 6.10 Å². The average Bonchev–Trinajstić information content (AvgIpc) is 2.95. The molecule has 0 bridgehead atoms. The van der Waals surface area contributed by atoms with Gasteiger partial charge in [-0.2, -0.15) is 0 Å². The molecule has 0 saturated carbocycles. The van der Waals surface area contributed by atoms with Gasteiger partial charge in [-0.3, -0.25) is 0 Å². The fourth-order valence-corrected chi connectivity index (χ4v) is 2.05. The van der Waals surface area contributed by atoms with Crippen LogP contribution in [0.1, 0.15) is 44.5 Å². The fourth-order valence-electron chi connectivity index (χ4n) is 2.05. The van der Waals surface area contributed by atoms with E-state index >= 15 is 0 Å². The average molecular weight is 319 g/mol. The minimum atomic E-state index is 0.166. The smallest absolute Gasteiger partial charge is 0.230 e. The Balaban J connectivity index is 1.97. The van der Waals surface area contributed by atoms with Crippen molar-refractivity contribution in [2.24, 2.45) is 0 Å². The maximum Gasteiger partial charge on any atom is 0.230 e. The molecule has 2 rings (SSSR count). The Hall–Kier alpha value is -2.08. The molecule has 0 amide bonds. The van der Waals surface area contributed by atoms with Gasteiger partial charge in [0.1, 0.15) is 0 Å². The van der Waals surface area contributed by atoms with E-state index in [4.69, 9.17) is 13.9 Å². The third-order valence-corrected chi connectivity index (χ3v) is 3.38. The lowest BCUT2D eigenvalue weighted by molar-refractivity contribution is 0.203. The van der Waals surface area contributed by atoms with Gasteiger partial charge >= 0.3 is 0 Å². The van der Waals surface area contributed by atoms with E-state index in [9.17, 15) is 0 Å². The van der Waals surface area contributed by atoms with Crippen molar-refractivity contribution in [3.8, 4) is 11.5 Å². The monoisotopic (exact) mass is 319 g/mol. The summed E-state index contributed by atoms with van der Waals surface area (Å²) in [6.45, 7) is 9.73. The van der Waals surface area contributed by atoms with E-state index in [1.807, 2.05) is 25.1 Å². The van der Waals surface area contributed by atoms with Crippen molar-refractivity contribution >= 4 is 0 Å². The minimum absolute atomic E-state index is 0.166. The summed E-state index contributed by atoms with van der Waals surface area (Å²) in [5.74, 6) is 2.73. The fraction of sp³-hybridized carbons (Fsp3) is 0.529. The van der Waals surface area contributed by atoms with Crippen LogP contribution in [0, 0.1) is 6.92 Å². The lowest BCUT2D eigenvalue weighted by Gasteiger charge is -2.17. The van der Waals surface area contributed by atoms with Crippen molar-refractivity contribution in [3.63, 3.8) is 0 Å². The number of nitrogens with one attached hydrogen (secondary N) is 1. The molecule has 0 spiro atoms. The molecule has 0 aliphatic rings. The van der Waals surface area contributed by atoms with Crippen molar-refractivity contribution in [2.45, 2.75) is 53.3 Å². The molecular formula is C17H25N3O3. The summed E-state index contributed by atoms with van der Waals surface area (Å²) in [7, 11) is 0. The van der Waals surface area contributed by atoms with Crippen LogP contribution in [-0.4, -0.2) is 22.9 Å². The molecule has 0 aliphatic carbocycles. The Bertz CT molecular complexity index is 613. The molecule has 1 atom stereocenters. The third-order valence-electron chi connectivity index (χ3n) is 3.38. The molecule has 1 aromatic carbocycles. The molecule has 0 saturated heterocycles. The quantitative estimate of drug-likeness (QED) is 0.765. The van der Waals surface area contributed by atoms with Gasteiger partial charge in [0.05, 0.1) is 19.3 Å². The van der Waals surface area contributed by atoms with Gasteiger partial charge in [0.25, 0.3) is 0 Å². The summed E-state index contributed by atoms with van der Waals surface area (Å²) in [5, 5.41) is 11.0. The standard InChI is InChI=1S/C17H25N3O3/c1-5-12(3)22-15-8-7-14(9-16(15)21-6-2)10-18-11-17-20-19-13(4)23-17/h7-9,12,18H,5-6,10-11H2,1-4H3/t12-/m0/s1. The Morgan fingerprint density at radius 3 is 2.65 bits per heavy atom. The zero-order valence-corrected chi connectivity index (χ0v) is 14.3. The first-order valence-corrected chi connectivity index (χ1v) is 8.04. The topological polar surface area (TPSA) is 69.4 Å². The Labute approximate surface area is 137 Å². The van der Waals surface area contributed by atoms with Crippen LogP contribution in [0.15, 0.2) is 22.6 Å². The number of ether oxygens (including phenoxy) is 2. The van der Waals surface area contributed by atoms with Crippen LogP contribution in [0.3, 0.4) is 0 Å². The van der Waals surface area contributed by atoms with Crippen molar-refractivity contribution in [1.29, 1.82) is 0 Å². The van der Waals surface area contributed by atoms with Gasteiger partial charge in [-0.25, -0.2) is 0 Å². The van der Waals surface area contributed by atoms with Gasteiger partial charge in [-0.15, -0.1) is 10.2 Å². The van der Waals surface area contributed by atoms with Crippen LogP contribution in [0.2, 0.25) is 0 Å². The zero-order valence-electron chi connectivity index (χ0n) is 14.3. The van der Waals surface area contributed by atoms with Crippen LogP contribution in [0.4, 0.5) is 0 Å². The first-order valence-electron chi connectivity index (χ1n) is 8.04. The van der Waals surface area contributed by atoms with Gasteiger partial charge in [-0.1, -0.05) is 13.0 Å². The van der Waals surface area contributed by atoms with Crippen LogP contribution < -0.4 is 14.8 Å². The first kappa shape index (κ1) is 17.3. The Morgan fingerprint density at radius 2 is 2.00 bits per heavy atom. The zero-order chi connectivity index (χ0) is 16.7. The second-order valence-electron chi connectivity index (χ2n) is 5.37. The lowest BCUT2D eigenvalue weighted by atomic mass is 10.2. The molecule has 0 aliphatic heterocycles. The number of aryl methyl sites for hydroxylation is 1. The molecule has 0 radical (unpaired) electrons. The number of benzene rings is 1. The van der Waals surface area contributed by atoms with E-state index in [1.54, 1.807) is 6.92 Å². The third kappa shape index (κ3) is 5.25. The molecule has 23 heavy (non-hydrogen) atoms. The SMILES string of the molecule is CCOc1cc(CNCc2nnc(C)o2)ccc1O[C@@H](C)CC. The molecule has 1 N–H and O–H groups in total. The minimum Gasteiger partial charge on any atom is -0.490 e. The largest absolute Gasteiger partial charge is 0.490 e. The van der Waals surface area contributed by atoms with Crippen LogP contribution in [-0.2, 0) is 13.1 Å². The van der Waals surface area contributed by atoms with Gasteiger partial charge < -0.3 is 19.2 Å². The van der Waals surface area contributed by atoms with E-state index in [0.29, 0.717) is 31.5 Å². The van der Waals surface area contributed by atoms with Crippen LogP contribution >= 0.6 is 0 Å². The summed E-state index contributed by atoms with van der Waals surface area (Å²) >= 11 is 0. The van der Waals surface area contributed by atoms with Crippen molar-refractivity contribution in [2.75, 3.05) is 6.61 Å². The first-order chi connectivity index (χ1) is 11.1. The van der Waals surface area contributed by atoms with Crippen molar-refractivity contribution in [1.82, 2.24) is 15.5 Å². The number of hydrogen-bond acceptors (Lipinski definition) is 6. The highest BCUT2D eigenvalue weighted by Crippen LogP contribution is 2.29. The highest BCUT2D eigenvalue weighted by atomic mass is 16.5. The van der Waals surface area contributed by atoms with E-state index in [0.717, 1.165) is 23.5 Å². The van der Waals surface area contributed by atoms with E-state index in [1.165, 1.54) is 0 Å². The number of rotatable bonds is 9. The normalized spacial score (nSPS) is 12.2. The van der Waals surface area contributed by atoms with Gasteiger partial charge in [-0.05, 0) is 38.0 Å². The number of aromatic nitrogens is 2. The summed E-state index contributed by atoms with van der Waals surface area (Å²) in [6, 6.07) is 6.00. The second kappa shape index (κ2) is 8.53. The maximum atomic E-state index is 5.90. The van der Waals surface area contributed by atoms with Crippen LogP contribution in [0.5, 0.6) is 11.5 Å². The Kier molecular flexibility index (Phi) is 6.40. The predicted molar refractivity (Wildman–Crippen MR) is 87.6 cm³/mol. The molecule has 1 aromatic heterocycles. The van der Waals surface area contributed by atoms with E-state index in [2.05, 4.69) is 29.4 Å². The van der Waals surface area contributed by atoms with Gasteiger partial charge in [0.15, 0.2) is 11.5 Å². The summed E-state index contributed by atoms with van der Waals surface area (Å²) < 4.78 is 16.9. The molecule has 0 fully saturated rings. The maximum absolute atomic E-state index is 5.90. The predicted octanol–water partition coefficient (Wildman–Crippen LogP) is 3.24. The molecule has 6 heteroatoms. The molecule has 6 nitrogen and oxygen atoms in total. The van der Waals surface area contributed by atoms with Gasteiger partial charge in [0, 0.05) is 13.5 Å². The molecule has 0 unspecified atom stereocenters. The summed E-state index contributed by atoms with van der Waals surface area (Å²) in [4.78, 5) is 0. The molecular weight excluding hydrogens is 294 g/mol. The highest BCUT2D eigenvalue weighted by Gasteiger charge is 2.10. The summed E-state index contributed by atoms with van der Waals surface area (Å²) in [6.07, 6.45) is 1.12. The second-order valence-corrected chi connectivity index (χ2v) is 5.37. The summed E-state index contributed by atoms with van der Waals surface area (Å²) in [5.41, 5.74) is 1.11. The molecule has 2 aromatic rings. The molecule has 126 valence electrons. The Morgan fingerprint density at radius 1 is 1.17 bits per heavy atom. The lowest BCUT2D eigenvalue weighted by Crippen LogP contribution is -2.14. The number of hydrogen-bond donors (Lipinski definition) is 1. The molecule has 1 heterocycles. The number of nitrogens with zero attached hydrogens (tertiary/aromatic N) is 2. The van der Waals surface area contributed by atoms with Crippen molar-refractivity contribution in [3.05, 3.63) is 35.5 Å². The van der Waals surface area contributed by atoms with Crippen LogP contribution in [0.25, 0.3) is 0 Å². The van der Waals surface area contributed by atoms with Gasteiger partial charge in [0.2, 0.25) is 11.8 Å². The van der Waals surface area contributed by atoms with Crippen molar-refractivity contribution < 1.29 is 13.9 Å². The highest BCUT2D eigenvalue weighted by molar-refractivity contribution is 5.43. The van der Waals surface area contributed by atoms with E-state index < -0.39 is 0 Å².